The van der Waals surface area contributed by atoms with Gasteiger partial charge in [0.1, 0.15) is 0 Å². The van der Waals surface area contributed by atoms with Gasteiger partial charge in [-0.2, -0.15) is 0 Å². The minimum Gasteiger partial charge on any atom is -0.375 e. The third-order valence-electron chi connectivity index (χ3n) is 4.28. The first-order valence-corrected chi connectivity index (χ1v) is 8.81. The van der Waals surface area contributed by atoms with Gasteiger partial charge in [0, 0.05) is 24.0 Å². The summed E-state index contributed by atoms with van der Waals surface area (Å²) in [6, 6.07) is 5.47. The molecule has 0 bridgehead atoms. The number of aryl methyl sites for hydroxylation is 1. The van der Waals surface area contributed by atoms with E-state index in [9.17, 15) is 9.59 Å². The fourth-order valence-corrected chi connectivity index (χ4v) is 3.26. The second-order valence-corrected chi connectivity index (χ2v) is 7.11. The summed E-state index contributed by atoms with van der Waals surface area (Å²) in [5.41, 5.74) is 0.527. The lowest BCUT2D eigenvalue weighted by atomic mass is 10.2. The molecule has 0 aliphatic carbocycles. The SMILES string of the molecule is CC1CN(C(=O)CCn2cnc3ccc(Br)cc3c2=O)C(C)CO1. The van der Waals surface area contributed by atoms with Crippen molar-refractivity contribution in [3.8, 4) is 0 Å². The molecule has 0 N–H and O–H groups in total. The van der Waals surface area contributed by atoms with E-state index in [0.29, 0.717) is 30.6 Å². The molecule has 1 fully saturated rings. The van der Waals surface area contributed by atoms with E-state index in [4.69, 9.17) is 4.74 Å². The molecule has 1 amide bonds. The summed E-state index contributed by atoms with van der Waals surface area (Å²) < 4.78 is 7.88. The summed E-state index contributed by atoms with van der Waals surface area (Å²) >= 11 is 3.37. The molecule has 2 atom stereocenters. The van der Waals surface area contributed by atoms with Crippen molar-refractivity contribution in [3.05, 3.63) is 39.4 Å². The first-order valence-electron chi connectivity index (χ1n) is 8.01. The quantitative estimate of drug-likeness (QED) is 0.801. The van der Waals surface area contributed by atoms with Crippen LogP contribution in [-0.4, -0.2) is 45.7 Å². The van der Waals surface area contributed by atoms with Crippen molar-refractivity contribution in [2.24, 2.45) is 0 Å². The van der Waals surface area contributed by atoms with Gasteiger partial charge < -0.3 is 9.64 Å². The first-order chi connectivity index (χ1) is 11.5. The highest BCUT2D eigenvalue weighted by Crippen LogP contribution is 2.15. The van der Waals surface area contributed by atoms with E-state index in [1.54, 1.807) is 12.1 Å². The Labute approximate surface area is 148 Å². The summed E-state index contributed by atoms with van der Waals surface area (Å²) in [6.07, 6.45) is 1.84. The molecule has 0 spiro atoms. The summed E-state index contributed by atoms with van der Waals surface area (Å²) in [4.78, 5) is 31.2. The van der Waals surface area contributed by atoms with Crippen molar-refractivity contribution < 1.29 is 9.53 Å². The van der Waals surface area contributed by atoms with Gasteiger partial charge in [0.2, 0.25) is 5.91 Å². The molecular formula is C17H20BrN3O3. The van der Waals surface area contributed by atoms with Crippen LogP contribution in [0.4, 0.5) is 0 Å². The number of hydrogen-bond acceptors (Lipinski definition) is 4. The van der Waals surface area contributed by atoms with Crippen LogP contribution in [0.15, 0.2) is 33.8 Å². The number of aromatic nitrogens is 2. The molecule has 6 nitrogen and oxygen atoms in total. The van der Waals surface area contributed by atoms with E-state index < -0.39 is 0 Å². The molecule has 2 heterocycles. The van der Waals surface area contributed by atoms with Crippen LogP contribution in [0.25, 0.3) is 10.9 Å². The third kappa shape index (κ3) is 3.52. The fraction of sp³-hybridized carbons (Fsp3) is 0.471. The number of nitrogens with zero attached hydrogens (tertiary/aromatic N) is 3. The number of carbonyl (C=O) groups excluding carboxylic acids is 1. The number of fused-ring (bicyclic) bond motifs is 1. The second kappa shape index (κ2) is 7.03. The van der Waals surface area contributed by atoms with Gasteiger partial charge in [0.25, 0.3) is 5.56 Å². The van der Waals surface area contributed by atoms with E-state index in [1.807, 2.05) is 24.8 Å². The third-order valence-corrected chi connectivity index (χ3v) is 4.77. The molecule has 128 valence electrons. The lowest BCUT2D eigenvalue weighted by Gasteiger charge is -2.36. The molecule has 1 aromatic carbocycles. The fourth-order valence-electron chi connectivity index (χ4n) is 2.90. The Morgan fingerprint density at radius 1 is 1.42 bits per heavy atom. The minimum atomic E-state index is -0.127. The van der Waals surface area contributed by atoms with Crippen LogP contribution in [0, 0.1) is 0 Å². The average molecular weight is 394 g/mol. The van der Waals surface area contributed by atoms with Crippen molar-refractivity contribution in [2.75, 3.05) is 13.2 Å². The largest absolute Gasteiger partial charge is 0.375 e. The smallest absolute Gasteiger partial charge is 0.261 e. The zero-order chi connectivity index (χ0) is 17.3. The number of rotatable bonds is 3. The lowest BCUT2D eigenvalue weighted by molar-refractivity contribution is -0.143. The van der Waals surface area contributed by atoms with Crippen molar-refractivity contribution in [3.63, 3.8) is 0 Å². The lowest BCUT2D eigenvalue weighted by Crippen LogP contribution is -2.50. The number of halogens is 1. The molecule has 3 rings (SSSR count). The van der Waals surface area contributed by atoms with Gasteiger partial charge in [-0.25, -0.2) is 4.98 Å². The van der Waals surface area contributed by atoms with Crippen LogP contribution >= 0.6 is 15.9 Å². The normalized spacial score (nSPS) is 21.2. The van der Waals surface area contributed by atoms with Crippen molar-refractivity contribution in [2.45, 2.75) is 39.0 Å². The standard InChI is InChI=1S/C17H20BrN3O3/c1-11-9-24-12(2)8-21(11)16(22)5-6-20-10-19-15-4-3-13(18)7-14(15)17(20)23/h3-4,7,10-12H,5-6,8-9H2,1-2H3. The molecule has 2 aromatic rings. The van der Waals surface area contributed by atoms with Gasteiger partial charge in [-0.1, -0.05) is 15.9 Å². The average Bonchev–Trinajstić information content (AvgIpc) is 2.56. The molecule has 2 unspecified atom stereocenters. The zero-order valence-electron chi connectivity index (χ0n) is 13.7. The molecule has 7 heteroatoms. The summed E-state index contributed by atoms with van der Waals surface area (Å²) in [5.74, 6) is 0.0406. The number of amides is 1. The van der Waals surface area contributed by atoms with Gasteiger partial charge in [-0.15, -0.1) is 0 Å². The Bertz CT molecular complexity index is 820. The number of carbonyl (C=O) groups is 1. The van der Waals surface area contributed by atoms with Crippen molar-refractivity contribution >= 4 is 32.7 Å². The van der Waals surface area contributed by atoms with Crippen LogP contribution in [-0.2, 0) is 16.1 Å². The number of benzene rings is 1. The Kier molecular flexibility index (Phi) is 5.01. The predicted molar refractivity (Wildman–Crippen MR) is 94.9 cm³/mol. The molecule has 0 saturated carbocycles. The van der Waals surface area contributed by atoms with Crippen LogP contribution in [0.2, 0.25) is 0 Å². The maximum atomic E-state index is 12.5. The number of morpholine rings is 1. The van der Waals surface area contributed by atoms with Gasteiger partial charge in [-0.3, -0.25) is 14.2 Å². The van der Waals surface area contributed by atoms with Crippen molar-refractivity contribution in [1.29, 1.82) is 0 Å². The Balaban J connectivity index is 1.74. The highest BCUT2D eigenvalue weighted by molar-refractivity contribution is 9.10. The summed E-state index contributed by atoms with van der Waals surface area (Å²) in [7, 11) is 0. The maximum Gasteiger partial charge on any atom is 0.261 e. The molecule has 1 aromatic heterocycles. The molecule has 1 aliphatic rings. The molecule has 1 aliphatic heterocycles. The summed E-state index contributed by atoms with van der Waals surface area (Å²) in [5, 5.41) is 0.549. The van der Waals surface area contributed by atoms with E-state index in [-0.39, 0.29) is 30.0 Å². The van der Waals surface area contributed by atoms with E-state index in [2.05, 4.69) is 20.9 Å². The molecule has 0 radical (unpaired) electrons. The number of hydrogen-bond donors (Lipinski definition) is 0. The van der Waals surface area contributed by atoms with E-state index in [1.165, 1.54) is 10.9 Å². The van der Waals surface area contributed by atoms with Gasteiger partial charge in [-0.05, 0) is 32.0 Å². The summed E-state index contributed by atoms with van der Waals surface area (Å²) in [6.45, 7) is 5.41. The van der Waals surface area contributed by atoms with Crippen LogP contribution in [0.3, 0.4) is 0 Å². The second-order valence-electron chi connectivity index (χ2n) is 6.19. The Morgan fingerprint density at radius 2 is 2.21 bits per heavy atom. The topological polar surface area (TPSA) is 64.4 Å². The Hall–Kier alpha value is -1.73. The monoisotopic (exact) mass is 393 g/mol. The predicted octanol–water partition coefficient (Wildman–Crippen LogP) is 2.18. The molecule has 1 saturated heterocycles. The highest BCUT2D eigenvalue weighted by atomic mass is 79.9. The van der Waals surface area contributed by atoms with E-state index in [0.717, 1.165) is 4.47 Å². The molecular weight excluding hydrogens is 374 g/mol. The minimum absolute atomic E-state index is 0.0406. The van der Waals surface area contributed by atoms with Gasteiger partial charge in [0.05, 0.1) is 36.0 Å². The van der Waals surface area contributed by atoms with Crippen molar-refractivity contribution in [1.82, 2.24) is 14.5 Å². The van der Waals surface area contributed by atoms with Crippen LogP contribution in [0.5, 0.6) is 0 Å². The molecule has 24 heavy (non-hydrogen) atoms. The van der Waals surface area contributed by atoms with Gasteiger partial charge in [0.15, 0.2) is 0 Å². The zero-order valence-corrected chi connectivity index (χ0v) is 15.3. The van der Waals surface area contributed by atoms with Crippen LogP contribution in [0.1, 0.15) is 20.3 Å². The highest BCUT2D eigenvalue weighted by Gasteiger charge is 2.27. The van der Waals surface area contributed by atoms with Gasteiger partial charge >= 0.3 is 0 Å². The number of ether oxygens (including phenoxy) is 1. The Morgan fingerprint density at radius 3 is 3.00 bits per heavy atom. The van der Waals surface area contributed by atoms with E-state index >= 15 is 0 Å². The maximum absolute atomic E-state index is 12.5. The van der Waals surface area contributed by atoms with Crippen LogP contribution < -0.4 is 5.56 Å². The first kappa shape index (κ1) is 17.1.